The number of hydrogen-bond acceptors (Lipinski definition) is 1. The summed E-state index contributed by atoms with van der Waals surface area (Å²) in [5, 5.41) is 3.71. The Morgan fingerprint density at radius 3 is 3.09 bits per heavy atom. The molecule has 0 aromatic heterocycles. The molecule has 0 aliphatic heterocycles. The third-order valence-electron chi connectivity index (χ3n) is 2.06. The minimum absolute atomic E-state index is 0.176. The van der Waals surface area contributed by atoms with E-state index in [0.29, 0.717) is 0 Å². The molecular weight excluding hydrogens is 138 g/mol. The van der Waals surface area contributed by atoms with Crippen molar-refractivity contribution in [2.75, 3.05) is 0 Å². The lowest BCUT2D eigenvalue weighted by atomic mass is 10.1. The fourth-order valence-electron chi connectivity index (χ4n) is 1.46. The lowest BCUT2D eigenvalue weighted by molar-refractivity contribution is 0.603. The summed E-state index contributed by atoms with van der Waals surface area (Å²) in [7, 11) is 0. The summed E-state index contributed by atoms with van der Waals surface area (Å²) in [6.07, 6.45) is 5.41. The van der Waals surface area contributed by atoms with Crippen molar-refractivity contribution in [3.63, 3.8) is 0 Å². The number of azide groups is 1. The van der Waals surface area contributed by atoms with Gasteiger partial charge in [0, 0.05) is 11.0 Å². The Morgan fingerprint density at radius 2 is 2.36 bits per heavy atom. The van der Waals surface area contributed by atoms with E-state index in [1.54, 1.807) is 0 Å². The molecular formula is C8H13N3. The second kappa shape index (κ2) is 4.04. The van der Waals surface area contributed by atoms with E-state index < -0.39 is 0 Å². The van der Waals surface area contributed by atoms with Crippen LogP contribution in [-0.2, 0) is 0 Å². The van der Waals surface area contributed by atoms with Gasteiger partial charge in [-0.2, -0.15) is 0 Å². The lowest BCUT2D eigenvalue weighted by Gasteiger charge is -2.05. The normalized spacial score (nSPS) is 25.5. The Labute approximate surface area is 66.7 Å². The Kier molecular flexibility index (Phi) is 2.99. The van der Waals surface area contributed by atoms with Gasteiger partial charge in [0.15, 0.2) is 0 Å². The van der Waals surface area contributed by atoms with Crippen LogP contribution in [0.25, 0.3) is 10.4 Å². The average molecular weight is 151 g/mol. The van der Waals surface area contributed by atoms with Crippen LogP contribution in [0.3, 0.4) is 0 Å². The molecule has 1 saturated carbocycles. The predicted octanol–water partition coefficient (Wildman–Crippen LogP) is 3.19. The molecule has 1 aliphatic rings. The Balaban J connectivity index is 2.51. The molecule has 1 unspecified atom stereocenters. The topological polar surface area (TPSA) is 48.8 Å². The van der Waals surface area contributed by atoms with Gasteiger partial charge in [-0.25, -0.2) is 0 Å². The molecule has 1 atom stereocenters. The Bertz CT molecular complexity index is 192. The standard InChI is InChI=1S/C8H13N3/c1-7-4-2-3-5-8(6-7)10-11-9/h8H,1-6H2. The first-order valence-electron chi connectivity index (χ1n) is 4.04. The highest BCUT2D eigenvalue weighted by atomic mass is 15.1. The Hall–Kier alpha value is -0.950. The zero-order valence-corrected chi connectivity index (χ0v) is 6.66. The molecule has 0 aromatic carbocycles. The van der Waals surface area contributed by atoms with Crippen molar-refractivity contribution < 1.29 is 0 Å². The molecule has 1 fully saturated rings. The van der Waals surface area contributed by atoms with E-state index in [-0.39, 0.29) is 6.04 Å². The summed E-state index contributed by atoms with van der Waals surface area (Å²) in [5.41, 5.74) is 9.46. The molecule has 1 rings (SSSR count). The number of nitrogens with zero attached hydrogens (tertiary/aromatic N) is 3. The summed E-state index contributed by atoms with van der Waals surface area (Å²) < 4.78 is 0. The molecule has 1 aliphatic carbocycles. The van der Waals surface area contributed by atoms with E-state index in [0.717, 1.165) is 19.3 Å². The van der Waals surface area contributed by atoms with E-state index in [2.05, 4.69) is 16.6 Å². The van der Waals surface area contributed by atoms with Crippen LogP contribution in [0.2, 0.25) is 0 Å². The first-order chi connectivity index (χ1) is 5.33. The van der Waals surface area contributed by atoms with Crippen LogP contribution in [0.1, 0.15) is 32.1 Å². The van der Waals surface area contributed by atoms with Gasteiger partial charge in [0.2, 0.25) is 0 Å². The molecule has 0 aromatic rings. The summed E-state index contributed by atoms with van der Waals surface area (Å²) >= 11 is 0. The van der Waals surface area contributed by atoms with Crippen molar-refractivity contribution in [2.24, 2.45) is 5.11 Å². The van der Waals surface area contributed by atoms with E-state index >= 15 is 0 Å². The second-order valence-electron chi connectivity index (χ2n) is 3.06. The predicted molar refractivity (Wildman–Crippen MR) is 45.2 cm³/mol. The zero-order chi connectivity index (χ0) is 8.10. The maximum absolute atomic E-state index is 8.23. The van der Waals surface area contributed by atoms with Crippen molar-refractivity contribution in [3.8, 4) is 0 Å². The maximum atomic E-state index is 8.23. The number of rotatable bonds is 1. The summed E-state index contributed by atoms with van der Waals surface area (Å²) in [6, 6.07) is 0.176. The molecule has 0 bridgehead atoms. The molecule has 0 saturated heterocycles. The molecule has 0 amide bonds. The van der Waals surface area contributed by atoms with Crippen LogP contribution in [-0.4, -0.2) is 6.04 Å². The largest absolute Gasteiger partial charge is 0.0999 e. The van der Waals surface area contributed by atoms with Gasteiger partial charge in [0.25, 0.3) is 0 Å². The average Bonchev–Trinajstić information content (AvgIpc) is 2.15. The van der Waals surface area contributed by atoms with E-state index in [1.165, 1.54) is 18.4 Å². The first kappa shape index (κ1) is 8.15. The van der Waals surface area contributed by atoms with Gasteiger partial charge in [-0.1, -0.05) is 23.7 Å². The maximum Gasteiger partial charge on any atom is 0.0411 e. The highest BCUT2D eigenvalue weighted by molar-refractivity contribution is 4.99. The van der Waals surface area contributed by atoms with Crippen molar-refractivity contribution in [1.82, 2.24) is 0 Å². The van der Waals surface area contributed by atoms with E-state index in [9.17, 15) is 0 Å². The fraction of sp³-hybridized carbons (Fsp3) is 0.750. The van der Waals surface area contributed by atoms with Crippen LogP contribution < -0.4 is 0 Å². The van der Waals surface area contributed by atoms with Crippen LogP contribution in [0.5, 0.6) is 0 Å². The molecule has 3 heteroatoms. The summed E-state index contributed by atoms with van der Waals surface area (Å²) in [5.74, 6) is 0. The van der Waals surface area contributed by atoms with Gasteiger partial charge in [-0.05, 0) is 31.2 Å². The summed E-state index contributed by atoms with van der Waals surface area (Å²) in [4.78, 5) is 2.82. The molecule has 11 heavy (non-hydrogen) atoms. The second-order valence-corrected chi connectivity index (χ2v) is 3.06. The van der Waals surface area contributed by atoms with Gasteiger partial charge in [0.05, 0.1) is 0 Å². The molecule has 3 nitrogen and oxygen atoms in total. The zero-order valence-electron chi connectivity index (χ0n) is 6.66. The SMILES string of the molecule is C=C1CCCCC(N=[N+]=[N-])C1. The van der Waals surface area contributed by atoms with E-state index in [1.807, 2.05) is 0 Å². The van der Waals surface area contributed by atoms with Crippen LogP contribution in [0.4, 0.5) is 0 Å². The van der Waals surface area contributed by atoms with Crippen molar-refractivity contribution in [3.05, 3.63) is 22.6 Å². The highest BCUT2D eigenvalue weighted by Crippen LogP contribution is 2.23. The third-order valence-corrected chi connectivity index (χ3v) is 2.06. The smallest absolute Gasteiger partial charge is 0.0411 e. The fourth-order valence-corrected chi connectivity index (χ4v) is 1.46. The number of hydrogen-bond donors (Lipinski definition) is 0. The molecule has 0 radical (unpaired) electrons. The van der Waals surface area contributed by atoms with Crippen molar-refractivity contribution in [2.45, 2.75) is 38.1 Å². The van der Waals surface area contributed by atoms with Gasteiger partial charge in [0.1, 0.15) is 0 Å². The van der Waals surface area contributed by atoms with Crippen LogP contribution in [0.15, 0.2) is 17.3 Å². The van der Waals surface area contributed by atoms with E-state index in [4.69, 9.17) is 5.53 Å². The lowest BCUT2D eigenvalue weighted by Crippen LogP contribution is -2.00. The molecule has 0 N–H and O–H groups in total. The minimum atomic E-state index is 0.176. The first-order valence-corrected chi connectivity index (χ1v) is 4.04. The van der Waals surface area contributed by atoms with Crippen LogP contribution in [0, 0.1) is 0 Å². The van der Waals surface area contributed by atoms with Gasteiger partial charge >= 0.3 is 0 Å². The quantitative estimate of drug-likeness (QED) is 0.182. The van der Waals surface area contributed by atoms with Gasteiger partial charge in [-0.3, -0.25) is 0 Å². The van der Waals surface area contributed by atoms with Gasteiger partial charge < -0.3 is 0 Å². The molecule has 0 heterocycles. The third kappa shape index (κ3) is 2.64. The Morgan fingerprint density at radius 1 is 1.55 bits per heavy atom. The minimum Gasteiger partial charge on any atom is -0.0999 e. The van der Waals surface area contributed by atoms with Gasteiger partial charge in [-0.15, -0.1) is 0 Å². The summed E-state index contributed by atoms with van der Waals surface area (Å²) in [6.45, 7) is 3.92. The van der Waals surface area contributed by atoms with Crippen LogP contribution >= 0.6 is 0 Å². The molecule has 60 valence electrons. The molecule has 0 spiro atoms. The monoisotopic (exact) mass is 151 g/mol. The highest BCUT2D eigenvalue weighted by Gasteiger charge is 2.11. The van der Waals surface area contributed by atoms with Crippen molar-refractivity contribution in [1.29, 1.82) is 0 Å². The van der Waals surface area contributed by atoms with Crippen molar-refractivity contribution >= 4 is 0 Å².